The number of nitrogen functional groups attached to an aromatic ring is 1. The van der Waals surface area contributed by atoms with Gasteiger partial charge in [-0.15, -0.1) is 0 Å². The van der Waals surface area contributed by atoms with Crippen LogP contribution in [0.15, 0.2) is 42.6 Å². The van der Waals surface area contributed by atoms with E-state index in [2.05, 4.69) is 9.36 Å². The Morgan fingerprint density at radius 1 is 1.22 bits per heavy atom. The van der Waals surface area contributed by atoms with Gasteiger partial charge < -0.3 is 10.5 Å². The third-order valence-corrected chi connectivity index (χ3v) is 3.41. The van der Waals surface area contributed by atoms with Crippen molar-refractivity contribution in [1.29, 1.82) is 0 Å². The Balaban J connectivity index is 1.79. The summed E-state index contributed by atoms with van der Waals surface area (Å²) in [6, 6.07) is 11.5. The molecule has 4 nitrogen and oxygen atoms in total. The number of hydrogen-bond acceptors (Lipinski definition) is 5. The van der Waals surface area contributed by atoms with Crippen LogP contribution in [0.2, 0.25) is 0 Å². The minimum absolute atomic E-state index is 0.459. The number of pyridine rings is 1. The molecule has 0 saturated heterocycles. The molecule has 0 fully saturated rings. The lowest BCUT2D eigenvalue weighted by molar-refractivity contribution is 0.302. The van der Waals surface area contributed by atoms with Crippen molar-refractivity contribution in [3.63, 3.8) is 0 Å². The summed E-state index contributed by atoms with van der Waals surface area (Å²) in [4.78, 5) is 4.21. The normalized spacial score (nSPS) is 10.7. The minimum atomic E-state index is 0.459. The molecule has 5 heteroatoms. The smallest absolute Gasteiger partial charge is 0.144 e. The van der Waals surface area contributed by atoms with Crippen LogP contribution in [-0.4, -0.2) is 9.36 Å². The first kappa shape index (κ1) is 11.0. The highest BCUT2D eigenvalue weighted by molar-refractivity contribution is 7.13. The number of anilines is 1. The topological polar surface area (TPSA) is 61.0 Å². The summed E-state index contributed by atoms with van der Waals surface area (Å²) in [5, 5.41) is 0.977. The van der Waals surface area contributed by atoms with Crippen molar-refractivity contribution < 1.29 is 4.74 Å². The highest BCUT2D eigenvalue weighted by Gasteiger charge is 2.04. The van der Waals surface area contributed by atoms with E-state index in [9.17, 15) is 0 Å². The number of ether oxygens (including phenoxy) is 1. The van der Waals surface area contributed by atoms with Gasteiger partial charge in [0.05, 0.1) is 10.4 Å². The standard InChI is InChI=1S/C13H11N3OS/c14-13-11-5-4-10(7-12(11)18-16-13)17-8-9-3-1-2-6-15-9/h1-7H,8H2,(H2,14,16). The van der Waals surface area contributed by atoms with Crippen LogP contribution in [0.25, 0.3) is 10.1 Å². The van der Waals surface area contributed by atoms with E-state index < -0.39 is 0 Å². The lowest BCUT2D eigenvalue weighted by Crippen LogP contribution is -1.97. The van der Waals surface area contributed by atoms with E-state index in [0.29, 0.717) is 12.4 Å². The molecule has 2 N–H and O–H groups in total. The van der Waals surface area contributed by atoms with Crippen molar-refractivity contribution in [3.05, 3.63) is 48.3 Å². The summed E-state index contributed by atoms with van der Waals surface area (Å²) in [5.74, 6) is 1.38. The van der Waals surface area contributed by atoms with E-state index in [1.54, 1.807) is 6.20 Å². The highest BCUT2D eigenvalue weighted by atomic mass is 32.1. The number of aromatic nitrogens is 2. The van der Waals surface area contributed by atoms with Gasteiger partial charge in [-0.3, -0.25) is 4.98 Å². The van der Waals surface area contributed by atoms with Crippen molar-refractivity contribution in [1.82, 2.24) is 9.36 Å². The van der Waals surface area contributed by atoms with Gasteiger partial charge in [0.1, 0.15) is 18.2 Å². The summed E-state index contributed by atoms with van der Waals surface area (Å²) < 4.78 is 10.8. The van der Waals surface area contributed by atoms with Crippen LogP contribution < -0.4 is 10.5 Å². The van der Waals surface area contributed by atoms with Crippen LogP contribution in [0.3, 0.4) is 0 Å². The Bertz CT molecular complexity index is 666. The maximum absolute atomic E-state index is 5.74. The van der Waals surface area contributed by atoms with Crippen LogP contribution in [0, 0.1) is 0 Å². The van der Waals surface area contributed by atoms with Gasteiger partial charge in [0.2, 0.25) is 0 Å². The molecular formula is C13H11N3OS. The Morgan fingerprint density at radius 2 is 2.17 bits per heavy atom. The summed E-state index contributed by atoms with van der Waals surface area (Å²) in [7, 11) is 0. The Hall–Kier alpha value is -2.14. The largest absolute Gasteiger partial charge is 0.487 e. The van der Waals surface area contributed by atoms with Gasteiger partial charge in [-0.2, -0.15) is 4.37 Å². The van der Waals surface area contributed by atoms with E-state index in [-0.39, 0.29) is 0 Å². The van der Waals surface area contributed by atoms with Gasteiger partial charge in [0, 0.05) is 11.6 Å². The van der Waals surface area contributed by atoms with E-state index in [1.165, 1.54) is 11.5 Å². The molecule has 2 aromatic heterocycles. The fourth-order valence-electron chi connectivity index (χ4n) is 1.67. The monoisotopic (exact) mass is 257 g/mol. The molecule has 0 aliphatic heterocycles. The van der Waals surface area contributed by atoms with Gasteiger partial charge in [0.25, 0.3) is 0 Å². The maximum atomic E-state index is 5.74. The average molecular weight is 257 g/mol. The minimum Gasteiger partial charge on any atom is -0.487 e. The summed E-state index contributed by atoms with van der Waals surface area (Å²) in [5.41, 5.74) is 6.64. The fraction of sp³-hybridized carbons (Fsp3) is 0.0769. The molecule has 0 saturated carbocycles. The van der Waals surface area contributed by atoms with Crippen LogP contribution >= 0.6 is 11.5 Å². The van der Waals surface area contributed by atoms with Gasteiger partial charge in [0.15, 0.2) is 0 Å². The first-order valence-corrected chi connectivity index (χ1v) is 6.28. The fourth-order valence-corrected chi connectivity index (χ4v) is 2.40. The summed E-state index contributed by atoms with van der Waals surface area (Å²) >= 11 is 1.38. The first-order valence-electron chi connectivity index (χ1n) is 5.50. The Labute approximate surface area is 108 Å². The molecule has 0 aliphatic carbocycles. The van der Waals surface area contributed by atoms with E-state index >= 15 is 0 Å². The number of fused-ring (bicyclic) bond motifs is 1. The Kier molecular flexibility index (Phi) is 2.82. The SMILES string of the molecule is Nc1nsc2cc(OCc3ccccn3)ccc12. The maximum Gasteiger partial charge on any atom is 0.144 e. The molecule has 3 aromatic rings. The third kappa shape index (κ3) is 2.12. The number of hydrogen-bond donors (Lipinski definition) is 1. The molecule has 0 radical (unpaired) electrons. The molecule has 0 spiro atoms. The zero-order valence-corrected chi connectivity index (χ0v) is 10.4. The molecule has 0 unspecified atom stereocenters. The van der Waals surface area contributed by atoms with E-state index in [1.807, 2.05) is 36.4 Å². The second kappa shape index (κ2) is 4.62. The summed E-state index contributed by atoms with van der Waals surface area (Å²) in [6.45, 7) is 0.459. The van der Waals surface area contributed by atoms with Crippen molar-refractivity contribution in [2.45, 2.75) is 6.61 Å². The molecule has 0 amide bonds. The molecule has 0 atom stereocenters. The molecule has 2 heterocycles. The lowest BCUT2D eigenvalue weighted by Gasteiger charge is -2.05. The summed E-state index contributed by atoms with van der Waals surface area (Å²) in [6.07, 6.45) is 1.76. The quantitative estimate of drug-likeness (QED) is 0.783. The highest BCUT2D eigenvalue weighted by Crippen LogP contribution is 2.28. The predicted molar refractivity (Wildman–Crippen MR) is 72.6 cm³/mol. The molecule has 3 rings (SSSR count). The third-order valence-electron chi connectivity index (χ3n) is 2.58. The van der Waals surface area contributed by atoms with Crippen LogP contribution in [0.4, 0.5) is 5.82 Å². The lowest BCUT2D eigenvalue weighted by atomic mass is 10.2. The molecular weight excluding hydrogens is 246 g/mol. The zero-order chi connectivity index (χ0) is 12.4. The number of nitrogens with zero attached hydrogens (tertiary/aromatic N) is 2. The number of rotatable bonds is 3. The average Bonchev–Trinajstić information content (AvgIpc) is 2.79. The second-order valence-electron chi connectivity index (χ2n) is 3.84. The van der Waals surface area contributed by atoms with Gasteiger partial charge in [-0.1, -0.05) is 6.07 Å². The molecule has 18 heavy (non-hydrogen) atoms. The van der Waals surface area contributed by atoms with Crippen molar-refractivity contribution in [3.8, 4) is 5.75 Å². The van der Waals surface area contributed by atoms with Crippen LogP contribution in [-0.2, 0) is 6.61 Å². The molecule has 0 bridgehead atoms. The molecule has 90 valence electrons. The predicted octanol–water partition coefficient (Wildman–Crippen LogP) is 2.85. The molecule has 0 aliphatic rings. The zero-order valence-electron chi connectivity index (χ0n) is 9.54. The molecule has 1 aromatic carbocycles. The number of nitrogens with two attached hydrogens (primary N) is 1. The van der Waals surface area contributed by atoms with Crippen LogP contribution in [0.1, 0.15) is 5.69 Å². The van der Waals surface area contributed by atoms with Crippen molar-refractivity contribution >= 4 is 27.4 Å². The van der Waals surface area contributed by atoms with Crippen LogP contribution in [0.5, 0.6) is 5.75 Å². The van der Waals surface area contributed by atoms with E-state index in [0.717, 1.165) is 21.5 Å². The first-order chi connectivity index (χ1) is 8.83. The second-order valence-corrected chi connectivity index (χ2v) is 4.64. The van der Waals surface area contributed by atoms with Gasteiger partial charge in [-0.05, 0) is 41.9 Å². The van der Waals surface area contributed by atoms with E-state index in [4.69, 9.17) is 10.5 Å². The Morgan fingerprint density at radius 3 is 3.00 bits per heavy atom. The van der Waals surface area contributed by atoms with Gasteiger partial charge >= 0.3 is 0 Å². The van der Waals surface area contributed by atoms with Crippen molar-refractivity contribution in [2.75, 3.05) is 5.73 Å². The van der Waals surface area contributed by atoms with Gasteiger partial charge in [-0.25, -0.2) is 0 Å². The van der Waals surface area contributed by atoms with Crippen molar-refractivity contribution in [2.24, 2.45) is 0 Å². The number of benzene rings is 1.